The van der Waals surface area contributed by atoms with Gasteiger partial charge in [0.25, 0.3) is 0 Å². The van der Waals surface area contributed by atoms with Crippen molar-refractivity contribution in [2.24, 2.45) is 5.10 Å². The molecule has 4 rings (SSSR count). The van der Waals surface area contributed by atoms with E-state index >= 15 is 0 Å². The number of hydrogen-bond donors (Lipinski definition) is 2. The first-order valence-electron chi connectivity index (χ1n) is 10.9. The molecule has 0 fully saturated rings. The number of fused-ring (bicyclic) bond motifs is 1. The fraction of sp³-hybridized carbons (Fsp3) is 0.200. The number of benzene rings is 3. The van der Waals surface area contributed by atoms with Gasteiger partial charge < -0.3 is 10.2 Å². The van der Waals surface area contributed by atoms with Crippen LogP contribution in [0.3, 0.4) is 0 Å². The van der Waals surface area contributed by atoms with Crippen molar-refractivity contribution in [1.29, 1.82) is 0 Å². The van der Waals surface area contributed by atoms with Crippen molar-refractivity contribution < 1.29 is 0 Å². The fourth-order valence-corrected chi connectivity index (χ4v) is 3.62. The number of aromatic nitrogens is 3. The van der Waals surface area contributed by atoms with Gasteiger partial charge in [-0.15, -0.1) is 0 Å². The van der Waals surface area contributed by atoms with E-state index in [-0.39, 0.29) is 0 Å². The smallest absolute Gasteiger partial charge is 0.250 e. The van der Waals surface area contributed by atoms with Gasteiger partial charge in [0.05, 0.1) is 6.21 Å². The summed E-state index contributed by atoms with van der Waals surface area (Å²) in [7, 11) is 0. The normalized spacial score (nSPS) is 11.2. The Balaban J connectivity index is 1.62. The van der Waals surface area contributed by atoms with Gasteiger partial charge in [-0.25, -0.2) is 5.43 Å². The molecule has 7 nitrogen and oxygen atoms in total. The van der Waals surface area contributed by atoms with Gasteiger partial charge in [0.15, 0.2) is 0 Å². The zero-order valence-corrected chi connectivity index (χ0v) is 19.6. The molecule has 3 aromatic carbocycles. The van der Waals surface area contributed by atoms with Gasteiger partial charge >= 0.3 is 0 Å². The first kappa shape index (κ1) is 22.5. The largest absolute Gasteiger partial charge is 0.341 e. The third kappa shape index (κ3) is 5.38. The fourth-order valence-electron chi connectivity index (χ4n) is 3.44. The van der Waals surface area contributed by atoms with Crippen molar-refractivity contribution >= 4 is 52.1 Å². The molecule has 0 aliphatic rings. The van der Waals surface area contributed by atoms with Gasteiger partial charge in [-0.1, -0.05) is 60.1 Å². The Kier molecular flexibility index (Phi) is 7.00. The van der Waals surface area contributed by atoms with Crippen LogP contribution >= 0.6 is 11.6 Å². The summed E-state index contributed by atoms with van der Waals surface area (Å²) in [4.78, 5) is 15.7. The SMILES string of the molecule is CCN(CC)c1nc(NN=Cc2cccc3ccccc23)nc(Nc2ccc(C)c(Cl)c2)n1. The second-order valence-corrected chi connectivity index (χ2v) is 7.89. The van der Waals surface area contributed by atoms with E-state index in [0.29, 0.717) is 22.9 Å². The van der Waals surface area contributed by atoms with E-state index in [9.17, 15) is 0 Å². The Morgan fingerprint density at radius 3 is 2.48 bits per heavy atom. The summed E-state index contributed by atoms with van der Waals surface area (Å²) in [5, 5.41) is 10.6. The average molecular weight is 460 g/mol. The minimum atomic E-state index is 0.351. The summed E-state index contributed by atoms with van der Waals surface area (Å²) in [6, 6.07) is 20.1. The van der Waals surface area contributed by atoms with E-state index in [2.05, 4.69) is 67.7 Å². The Bertz CT molecular complexity index is 1280. The molecule has 8 heteroatoms. The lowest BCUT2D eigenvalue weighted by Crippen LogP contribution is -2.25. The number of halogens is 1. The third-order valence-corrected chi connectivity index (χ3v) is 5.70. The van der Waals surface area contributed by atoms with Crippen LogP contribution in [0, 0.1) is 6.92 Å². The molecule has 0 aliphatic heterocycles. The van der Waals surface area contributed by atoms with Crippen molar-refractivity contribution in [1.82, 2.24) is 15.0 Å². The summed E-state index contributed by atoms with van der Waals surface area (Å²) in [5.74, 6) is 1.33. The summed E-state index contributed by atoms with van der Waals surface area (Å²) in [6.45, 7) is 7.63. The highest BCUT2D eigenvalue weighted by molar-refractivity contribution is 6.31. The molecule has 0 saturated carbocycles. The first-order chi connectivity index (χ1) is 16.1. The molecular weight excluding hydrogens is 434 g/mol. The van der Waals surface area contributed by atoms with Crippen molar-refractivity contribution in [3.05, 3.63) is 76.8 Å². The van der Waals surface area contributed by atoms with Crippen LogP contribution < -0.4 is 15.6 Å². The molecule has 168 valence electrons. The van der Waals surface area contributed by atoms with Crippen LogP contribution in [0.2, 0.25) is 5.02 Å². The lowest BCUT2D eigenvalue weighted by molar-refractivity contribution is 0.814. The van der Waals surface area contributed by atoms with Crippen LogP contribution in [-0.2, 0) is 0 Å². The van der Waals surface area contributed by atoms with Gasteiger partial charge in [0, 0.05) is 29.4 Å². The highest BCUT2D eigenvalue weighted by atomic mass is 35.5. The topological polar surface area (TPSA) is 78.3 Å². The molecule has 0 atom stereocenters. The number of nitrogens with one attached hydrogen (secondary N) is 2. The standard InChI is InChI=1S/C25H26ClN7/c1-4-33(5-2)25-30-23(28-20-14-13-17(3)22(26)15-20)29-24(31-25)32-27-16-19-11-8-10-18-9-6-7-12-21(18)19/h6-16H,4-5H2,1-3H3,(H2,28,29,30,31,32). The predicted molar refractivity (Wildman–Crippen MR) is 138 cm³/mol. The van der Waals surface area contributed by atoms with Gasteiger partial charge in [0.1, 0.15) is 0 Å². The molecule has 0 radical (unpaired) electrons. The van der Waals surface area contributed by atoms with Crippen LogP contribution in [-0.4, -0.2) is 34.3 Å². The average Bonchev–Trinajstić information content (AvgIpc) is 2.82. The molecule has 0 unspecified atom stereocenters. The highest BCUT2D eigenvalue weighted by Crippen LogP contribution is 2.23. The molecule has 1 heterocycles. The molecule has 0 amide bonds. The maximum absolute atomic E-state index is 6.27. The minimum Gasteiger partial charge on any atom is -0.341 e. The minimum absolute atomic E-state index is 0.351. The molecule has 1 aromatic heterocycles. The number of aryl methyl sites for hydroxylation is 1. The molecule has 0 aliphatic carbocycles. The Morgan fingerprint density at radius 2 is 1.70 bits per heavy atom. The van der Waals surface area contributed by atoms with E-state index < -0.39 is 0 Å². The summed E-state index contributed by atoms with van der Waals surface area (Å²) in [5.41, 5.74) is 5.77. The third-order valence-electron chi connectivity index (χ3n) is 5.29. The number of hydrogen-bond acceptors (Lipinski definition) is 7. The number of rotatable bonds is 8. The lowest BCUT2D eigenvalue weighted by Gasteiger charge is -2.19. The number of anilines is 4. The van der Waals surface area contributed by atoms with Crippen molar-refractivity contribution in [2.45, 2.75) is 20.8 Å². The zero-order chi connectivity index (χ0) is 23.2. The summed E-state index contributed by atoms with van der Waals surface area (Å²) >= 11 is 6.27. The molecule has 4 aromatic rings. The van der Waals surface area contributed by atoms with Crippen molar-refractivity contribution in [3.63, 3.8) is 0 Å². The van der Waals surface area contributed by atoms with Crippen LogP contribution in [0.1, 0.15) is 25.0 Å². The molecule has 0 saturated heterocycles. The van der Waals surface area contributed by atoms with E-state index in [4.69, 9.17) is 11.6 Å². The summed E-state index contributed by atoms with van der Waals surface area (Å²) in [6.07, 6.45) is 1.77. The monoisotopic (exact) mass is 459 g/mol. The van der Waals surface area contributed by atoms with E-state index in [1.54, 1.807) is 6.21 Å². The first-order valence-corrected chi connectivity index (χ1v) is 11.3. The van der Waals surface area contributed by atoms with Gasteiger partial charge in [0.2, 0.25) is 17.8 Å². The Morgan fingerprint density at radius 1 is 0.939 bits per heavy atom. The van der Waals surface area contributed by atoms with Gasteiger partial charge in [-0.3, -0.25) is 0 Å². The van der Waals surface area contributed by atoms with Crippen LogP contribution in [0.4, 0.5) is 23.5 Å². The van der Waals surface area contributed by atoms with Crippen molar-refractivity contribution in [2.75, 3.05) is 28.7 Å². The van der Waals surface area contributed by atoms with E-state index in [1.807, 2.05) is 49.4 Å². The molecule has 33 heavy (non-hydrogen) atoms. The van der Waals surface area contributed by atoms with Crippen LogP contribution in [0.5, 0.6) is 0 Å². The van der Waals surface area contributed by atoms with Gasteiger partial charge in [-0.05, 0) is 49.2 Å². The van der Waals surface area contributed by atoms with E-state index in [1.165, 1.54) is 0 Å². The quantitative estimate of drug-likeness (QED) is 0.247. The summed E-state index contributed by atoms with van der Waals surface area (Å²) < 4.78 is 0. The maximum atomic E-state index is 6.27. The highest BCUT2D eigenvalue weighted by Gasteiger charge is 2.12. The second-order valence-electron chi connectivity index (χ2n) is 7.48. The lowest BCUT2D eigenvalue weighted by atomic mass is 10.1. The second kappa shape index (κ2) is 10.3. The number of hydrazone groups is 1. The predicted octanol–water partition coefficient (Wildman–Crippen LogP) is 6.02. The van der Waals surface area contributed by atoms with E-state index in [0.717, 1.165) is 40.7 Å². The molecule has 0 spiro atoms. The molecule has 2 N–H and O–H groups in total. The van der Waals surface area contributed by atoms with Gasteiger partial charge in [-0.2, -0.15) is 20.1 Å². The van der Waals surface area contributed by atoms with Crippen LogP contribution in [0.25, 0.3) is 10.8 Å². The molecule has 0 bridgehead atoms. The Labute approximate surface area is 198 Å². The number of nitrogens with zero attached hydrogens (tertiary/aromatic N) is 5. The maximum Gasteiger partial charge on any atom is 0.250 e. The zero-order valence-electron chi connectivity index (χ0n) is 18.9. The van der Waals surface area contributed by atoms with Crippen molar-refractivity contribution in [3.8, 4) is 0 Å². The molecular formula is C25H26ClN7. The van der Waals surface area contributed by atoms with Crippen LogP contribution in [0.15, 0.2) is 65.8 Å². The Hall–Kier alpha value is -3.71.